The minimum absolute atomic E-state index is 0.287. The third kappa shape index (κ3) is 3.28. The zero-order valence-corrected chi connectivity index (χ0v) is 11.7. The second-order valence-electron chi connectivity index (χ2n) is 4.75. The van der Waals surface area contributed by atoms with Crippen LogP contribution in [0.25, 0.3) is 0 Å². The fraction of sp³-hybridized carbons (Fsp3) is 0.200. The van der Waals surface area contributed by atoms with E-state index >= 15 is 0 Å². The predicted octanol–water partition coefficient (Wildman–Crippen LogP) is 2.52. The first-order valence-electron chi connectivity index (χ1n) is 6.42. The molecule has 2 unspecified atom stereocenters. The van der Waals surface area contributed by atoms with Gasteiger partial charge in [-0.1, -0.05) is 30.3 Å². The summed E-state index contributed by atoms with van der Waals surface area (Å²) in [4.78, 5) is 9.98. The van der Waals surface area contributed by atoms with Crippen molar-refractivity contribution >= 4 is 12.9 Å². The van der Waals surface area contributed by atoms with Crippen LogP contribution in [-0.2, 0) is 15.7 Å². The Bertz CT molecular complexity index is 620. The van der Waals surface area contributed by atoms with E-state index in [0.29, 0.717) is 11.9 Å². The highest BCUT2D eigenvalue weighted by atomic mass is 31.2. The van der Waals surface area contributed by atoms with E-state index in [4.69, 9.17) is 9.26 Å². The van der Waals surface area contributed by atoms with Crippen molar-refractivity contribution in [1.82, 2.24) is 0 Å². The molecule has 1 N–H and O–H groups in total. The van der Waals surface area contributed by atoms with Gasteiger partial charge < -0.3 is 14.2 Å². The van der Waals surface area contributed by atoms with Gasteiger partial charge in [0.05, 0.1) is 18.0 Å². The summed E-state index contributed by atoms with van der Waals surface area (Å²) >= 11 is 0. The number of epoxide rings is 1. The lowest BCUT2D eigenvalue weighted by Crippen LogP contribution is -2.08. The van der Waals surface area contributed by atoms with Gasteiger partial charge in [0.2, 0.25) is 0 Å². The molecule has 0 amide bonds. The maximum Gasteiger partial charge on any atom is 0.408 e. The van der Waals surface area contributed by atoms with E-state index in [0.717, 1.165) is 18.6 Å². The van der Waals surface area contributed by atoms with Gasteiger partial charge in [-0.15, -0.1) is 0 Å². The van der Waals surface area contributed by atoms with Crippen molar-refractivity contribution in [3.05, 3.63) is 60.2 Å². The summed E-state index contributed by atoms with van der Waals surface area (Å²) in [6.07, 6.45) is 1.20. The van der Waals surface area contributed by atoms with Crippen molar-refractivity contribution in [3.63, 3.8) is 0 Å². The first-order valence-corrected chi connectivity index (χ1v) is 8.00. The number of benzene rings is 2. The predicted molar refractivity (Wildman–Crippen MR) is 76.4 cm³/mol. The Kier molecular flexibility index (Phi) is 3.62. The molecule has 1 aliphatic rings. The fourth-order valence-corrected chi connectivity index (χ4v) is 3.01. The Labute approximate surface area is 117 Å². The van der Waals surface area contributed by atoms with Gasteiger partial charge in [-0.2, -0.15) is 0 Å². The quantitative estimate of drug-likeness (QED) is 0.679. The SMILES string of the molecule is O=P(O)(Oc1ccc(CC2CO2)cc1)c1ccccc1. The number of rotatable bonds is 5. The monoisotopic (exact) mass is 290 g/mol. The van der Waals surface area contributed by atoms with Gasteiger partial charge in [0, 0.05) is 6.42 Å². The summed E-state index contributed by atoms with van der Waals surface area (Å²) in [6, 6.07) is 15.6. The summed E-state index contributed by atoms with van der Waals surface area (Å²) in [5.74, 6) is 0.389. The zero-order valence-electron chi connectivity index (χ0n) is 10.8. The summed E-state index contributed by atoms with van der Waals surface area (Å²) in [7, 11) is -3.82. The van der Waals surface area contributed by atoms with Gasteiger partial charge in [0.15, 0.2) is 0 Å². The minimum atomic E-state index is -3.82. The zero-order chi connectivity index (χ0) is 14.0. The second kappa shape index (κ2) is 5.41. The second-order valence-corrected chi connectivity index (χ2v) is 6.49. The van der Waals surface area contributed by atoms with Crippen LogP contribution in [0.15, 0.2) is 54.6 Å². The van der Waals surface area contributed by atoms with Crippen LogP contribution in [0.2, 0.25) is 0 Å². The molecule has 2 aromatic rings. The average molecular weight is 290 g/mol. The van der Waals surface area contributed by atoms with Gasteiger partial charge >= 0.3 is 7.60 Å². The normalized spacial score (nSPS) is 20.1. The molecular formula is C15H15O4P. The smallest absolute Gasteiger partial charge is 0.408 e. The van der Waals surface area contributed by atoms with Gasteiger partial charge in [0.1, 0.15) is 5.75 Å². The molecule has 5 heteroatoms. The molecule has 0 radical (unpaired) electrons. The third-order valence-electron chi connectivity index (χ3n) is 3.10. The molecule has 1 aliphatic heterocycles. The number of ether oxygens (including phenoxy) is 1. The molecule has 3 rings (SSSR count). The molecular weight excluding hydrogens is 275 g/mol. The first kappa shape index (κ1) is 13.4. The van der Waals surface area contributed by atoms with Crippen LogP contribution >= 0.6 is 7.60 Å². The van der Waals surface area contributed by atoms with Crippen molar-refractivity contribution < 1.29 is 18.7 Å². The molecule has 0 bridgehead atoms. The van der Waals surface area contributed by atoms with Crippen LogP contribution in [-0.4, -0.2) is 17.6 Å². The molecule has 0 aliphatic carbocycles. The highest BCUT2D eigenvalue weighted by Gasteiger charge is 2.24. The van der Waals surface area contributed by atoms with Crippen LogP contribution in [0.3, 0.4) is 0 Å². The van der Waals surface area contributed by atoms with Crippen LogP contribution in [0.4, 0.5) is 0 Å². The van der Waals surface area contributed by atoms with E-state index in [-0.39, 0.29) is 5.30 Å². The van der Waals surface area contributed by atoms with Gasteiger partial charge in [-0.25, -0.2) is 4.57 Å². The van der Waals surface area contributed by atoms with Crippen LogP contribution in [0.5, 0.6) is 5.75 Å². The topological polar surface area (TPSA) is 59.1 Å². The Hall–Kier alpha value is -1.61. The molecule has 0 spiro atoms. The van der Waals surface area contributed by atoms with Crippen LogP contribution in [0, 0.1) is 0 Å². The summed E-state index contributed by atoms with van der Waals surface area (Å²) in [5, 5.41) is 0.287. The fourth-order valence-electron chi connectivity index (χ4n) is 1.95. The lowest BCUT2D eigenvalue weighted by atomic mass is 10.1. The molecule has 0 aromatic heterocycles. The Morgan fingerprint density at radius 2 is 1.80 bits per heavy atom. The van der Waals surface area contributed by atoms with E-state index in [9.17, 15) is 9.46 Å². The highest BCUT2D eigenvalue weighted by Crippen LogP contribution is 2.41. The minimum Gasteiger partial charge on any atom is -0.421 e. The maximum atomic E-state index is 12.2. The Balaban J connectivity index is 1.71. The number of hydrogen-bond donors (Lipinski definition) is 1. The molecule has 1 heterocycles. The molecule has 104 valence electrons. The van der Waals surface area contributed by atoms with Gasteiger partial charge in [-0.3, -0.25) is 0 Å². The largest absolute Gasteiger partial charge is 0.421 e. The summed E-state index contributed by atoms with van der Waals surface area (Å²) < 4.78 is 22.6. The van der Waals surface area contributed by atoms with E-state index < -0.39 is 7.60 Å². The van der Waals surface area contributed by atoms with E-state index in [1.165, 1.54) is 0 Å². The highest BCUT2D eigenvalue weighted by molar-refractivity contribution is 7.61. The van der Waals surface area contributed by atoms with E-state index in [1.54, 1.807) is 42.5 Å². The molecule has 1 saturated heterocycles. The third-order valence-corrected chi connectivity index (χ3v) is 4.51. The summed E-state index contributed by atoms with van der Waals surface area (Å²) in [5.41, 5.74) is 1.13. The van der Waals surface area contributed by atoms with Crippen molar-refractivity contribution in [3.8, 4) is 5.75 Å². The van der Waals surface area contributed by atoms with E-state index in [2.05, 4.69) is 0 Å². The lowest BCUT2D eigenvalue weighted by molar-refractivity contribution is 0.393. The standard InChI is InChI=1S/C15H15O4P/c16-20(17,15-4-2-1-3-5-15)19-13-8-6-12(7-9-13)10-14-11-18-14/h1-9,14H,10-11H2,(H,16,17). The number of hydrogen-bond acceptors (Lipinski definition) is 3. The molecule has 4 nitrogen and oxygen atoms in total. The van der Waals surface area contributed by atoms with E-state index in [1.807, 2.05) is 12.1 Å². The molecule has 1 fully saturated rings. The van der Waals surface area contributed by atoms with Gasteiger partial charge in [0.25, 0.3) is 0 Å². The van der Waals surface area contributed by atoms with Crippen molar-refractivity contribution in [2.24, 2.45) is 0 Å². The Morgan fingerprint density at radius 1 is 1.15 bits per heavy atom. The van der Waals surface area contributed by atoms with Crippen molar-refractivity contribution in [2.45, 2.75) is 12.5 Å². The van der Waals surface area contributed by atoms with Crippen molar-refractivity contribution in [1.29, 1.82) is 0 Å². The Morgan fingerprint density at radius 3 is 2.40 bits per heavy atom. The van der Waals surface area contributed by atoms with Crippen molar-refractivity contribution in [2.75, 3.05) is 6.61 Å². The van der Waals surface area contributed by atoms with Crippen LogP contribution < -0.4 is 9.83 Å². The average Bonchev–Trinajstić information content (AvgIpc) is 3.26. The first-order chi connectivity index (χ1) is 9.63. The summed E-state index contributed by atoms with van der Waals surface area (Å²) in [6.45, 7) is 0.818. The van der Waals surface area contributed by atoms with Crippen LogP contribution in [0.1, 0.15) is 5.56 Å². The molecule has 2 aromatic carbocycles. The maximum absolute atomic E-state index is 12.2. The molecule has 0 saturated carbocycles. The van der Waals surface area contributed by atoms with Gasteiger partial charge in [-0.05, 0) is 29.8 Å². The molecule has 20 heavy (non-hydrogen) atoms. The molecule has 2 atom stereocenters. The lowest BCUT2D eigenvalue weighted by Gasteiger charge is -2.13.